The van der Waals surface area contributed by atoms with Crippen molar-refractivity contribution in [1.82, 2.24) is 0 Å². The van der Waals surface area contributed by atoms with Crippen molar-refractivity contribution in [3.05, 3.63) is 0 Å². The molecule has 24 heteroatoms. The molecule has 0 aromatic heterocycles. The maximum Gasteiger partial charge on any atom is 1.00 e. The molecule has 0 aromatic carbocycles. The summed E-state index contributed by atoms with van der Waals surface area (Å²) in [5, 5.41) is 0. The van der Waals surface area contributed by atoms with Crippen molar-refractivity contribution in [2.45, 2.75) is 79.6 Å². The van der Waals surface area contributed by atoms with Crippen molar-refractivity contribution in [1.29, 1.82) is 0 Å². The molecule has 9 atom stereocenters. The van der Waals surface area contributed by atoms with Crippen molar-refractivity contribution in [2.24, 2.45) is 0 Å². The average Bonchev–Trinajstić information content (AvgIpc) is 3.63. The van der Waals surface area contributed by atoms with E-state index in [0.717, 1.165) is 0 Å². The predicted molar refractivity (Wildman–Crippen MR) is 84.4 cm³/mol. The van der Waals surface area contributed by atoms with E-state index in [1.165, 1.54) is 0 Å². The molecule has 1 fully saturated rings. The van der Waals surface area contributed by atoms with E-state index < -0.39 is 94.0 Å². The molecular weight excluding hydrogens is 637 g/mol. The number of rotatable bonds is 16. The summed E-state index contributed by atoms with van der Waals surface area (Å²) < 4.78 is 249. The van der Waals surface area contributed by atoms with Crippen LogP contribution in [0.25, 0.3) is 0 Å². The summed E-state index contributed by atoms with van der Waals surface area (Å²) in [7, 11) is -6.40. The van der Waals surface area contributed by atoms with E-state index in [2.05, 4.69) is 13.8 Å². The smallest absolute Gasteiger partial charge is 0.756 e. The molecule has 1 rings (SSSR count). The summed E-state index contributed by atoms with van der Waals surface area (Å²) in [6.07, 6.45) is -40.3. The first-order chi connectivity index (χ1) is 16.9. The van der Waals surface area contributed by atoms with Crippen molar-refractivity contribution in [3.8, 4) is 0 Å². The van der Waals surface area contributed by atoms with Crippen molar-refractivity contribution in [3.63, 3.8) is 0 Å². The van der Waals surface area contributed by atoms with E-state index in [0.29, 0.717) is 0 Å². The Bertz CT molecular complexity index is 836. The second-order valence-corrected chi connectivity index (χ2v) is 8.84. The molecule has 0 aliphatic carbocycles. The van der Waals surface area contributed by atoms with Gasteiger partial charge in [-0.05, 0) is 0 Å². The quantitative estimate of drug-likeness (QED) is 0.111. The Labute approximate surface area is 228 Å². The van der Waals surface area contributed by atoms with Crippen LogP contribution in [0.3, 0.4) is 0 Å². The van der Waals surface area contributed by atoms with Crippen LogP contribution in [-0.2, 0) is 18.3 Å². The van der Waals surface area contributed by atoms with Crippen LogP contribution in [0, 0.1) is 0 Å². The van der Waals surface area contributed by atoms with Crippen LogP contribution < -0.4 is 34.5 Å². The minimum absolute atomic E-state index is 0. The average molecular weight is 650 g/mol. The maximum atomic E-state index is 13.7. The van der Waals surface area contributed by atoms with Gasteiger partial charge in [0.25, 0.3) is 20.6 Å². The van der Waals surface area contributed by atoms with Gasteiger partial charge in [0.2, 0.25) is 6.17 Å². The van der Waals surface area contributed by atoms with Gasteiger partial charge < -0.3 is 14.2 Å². The Morgan fingerprint density at radius 1 is 0.744 bits per heavy atom. The van der Waals surface area contributed by atoms with Gasteiger partial charge in [0.05, 0.1) is 13.2 Å². The third-order valence-corrected chi connectivity index (χ3v) is 5.55. The van der Waals surface area contributed by atoms with Gasteiger partial charge in [-0.25, -0.2) is 39.5 Å². The molecule has 228 valence electrons. The molecule has 1 heterocycles. The number of phosphoric ester groups is 1. The molecule has 1 aliphatic heterocycles. The van der Waals surface area contributed by atoms with E-state index in [1.54, 1.807) is 0 Å². The van der Waals surface area contributed by atoms with Gasteiger partial charge >= 0.3 is 53.2 Å². The summed E-state index contributed by atoms with van der Waals surface area (Å²) in [6.45, 7) is -1.28. The first-order valence-electron chi connectivity index (χ1n) is 9.40. The van der Waals surface area contributed by atoms with E-state index in [1.807, 2.05) is 0 Å². The third-order valence-electron chi connectivity index (χ3n) is 4.64. The van der Waals surface area contributed by atoms with Crippen molar-refractivity contribution < 1.29 is 127 Å². The summed E-state index contributed by atoms with van der Waals surface area (Å²) in [5.74, 6) is -30.8. The second-order valence-electron chi connectivity index (χ2n) is 7.47. The summed E-state index contributed by atoms with van der Waals surface area (Å²) in [6, 6.07) is 0. The summed E-state index contributed by atoms with van der Waals surface area (Å²) >= 11 is 0. The molecule has 1 saturated heterocycles. The van der Waals surface area contributed by atoms with Gasteiger partial charge in [0, 0.05) is 0 Å². The molecule has 0 aromatic rings. The molecule has 0 radical (unpaired) electrons. The van der Waals surface area contributed by atoms with Crippen molar-refractivity contribution in [2.75, 3.05) is 13.2 Å². The molecule has 39 heavy (non-hydrogen) atoms. The van der Waals surface area contributed by atoms with Gasteiger partial charge in [-0.1, -0.05) is 0 Å². The topological polar surface area (TPSA) is 71.1 Å². The Hall–Kier alpha value is -0.120. The number of alkyl halides is 17. The fourth-order valence-corrected chi connectivity index (χ4v) is 3.08. The van der Waals surface area contributed by atoms with Gasteiger partial charge in [0.1, 0.15) is 6.10 Å². The Balaban J connectivity index is 0.0000144. The third kappa shape index (κ3) is 8.25. The fraction of sp³-hybridized carbons (Fsp3) is 1.00. The number of halogens is 17. The second kappa shape index (κ2) is 13.5. The maximum absolute atomic E-state index is 13.7. The van der Waals surface area contributed by atoms with Crippen LogP contribution in [0.2, 0.25) is 0 Å². The molecule has 0 amide bonds. The molecule has 0 spiro atoms. The normalized spacial score (nSPS) is 24.1. The van der Waals surface area contributed by atoms with Crippen LogP contribution in [-0.4, -0.2) is 92.8 Å². The number of phosphoric acid groups is 1. The molecule has 9 unspecified atom stereocenters. The van der Waals surface area contributed by atoms with Crippen LogP contribution in [0.5, 0.6) is 0 Å². The number of hydrogen-bond acceptors (Lipinski definition) is 5. The van der Waals surface area contributed by atoms with E-state index in [9.17, 15) is 84.1 Å². The SMILES string of the molecule is O=P([O-])(OCC1CO1)OC(F)C(F)(F)C(F)(F)C(F)(F)C(F)(F)C(F)C(F)C(F)C(F)C(F)C(F)C(F)F.[Na+]. The molecule has 0 bridgehead atoms. The van der Waals surface area contributed by atoms with E-state index in [4.69, 9.17) is 0 Å². The van der Waals surface area contributed by atoms with E-state index >= 15 is 0 Å². The summed E-state index contributed by atoms with van der Waals surface area (Å²) in [4.78, 5) is 11.2. The van der Waals surface area contributed by atoms with Gasteiger partial charge in [0.15, 0.2) is 30.9 Å². The van der Waals surface area contributed by atoms with E-state index in [-0.39, 0.29) is 36.2 Å². The van der Waals surface area contributed by atoms with Crippen LogP contribution in [0.1, 0.15) is 0 Å². The zero-order valence-corrected chi connectivity index (χ0v) is 21.4. The van der Waals surface area contributed by atoms with Gasteiger partial charge in [-0.2, -0.15) is 35.1 Å². The first kappa shape index (κ1) is 38.9. The van der Waals surface area contributed by atoms with Crippen molar-refractivity contribution >= 4 is 7.82 Å². The number of epoxide rings is 1. The van der Waals surface area contributed by atoms with Gasteiger partial charge in [-0.15, -0.1) is 0 Å². The molecule has 0 N–H and O–H groups in total. The van der Waals surface area contributed by atoms with Crippen LogP contribution in [0.15, 0.2) is 0 Å². The Morgan fingerprint density at radius 2 is 1.13 bits per heavy atom. The number of ether oxygens (including phenoxy) is 1. The number of hydrogen-bond donors (Lipinski definition) is 0. The Morgan fingerprint density at radius 3 is 1.54 bits per heavy atom. The molecular formula is C15H13F17NaO5P. The molecule has 0 saturated carbocycles. The predicted octanol–water partition coefficient (Wildman–Crippen LogP) is 2.02. The summed E-state index contributed by atoms with van der Waals surface area (Å²) in [5.41, 5.74) is 0. The Kier molecular flexibility index (Phi) is 13.4. The van der Waals surface area contributed by atoms with Gasteiger partial charge in [-0.3, -0.25) is 9.09 Å². The first-order valence-corrected chi connectivity index (χ1v) is 10.9. The monoisotopic (exact) mass is 650 g/mol. The molecule has 1 aliphatic rings. The van der Waals surface area contributed by atoms with Crippen LogP contribution >= 0.6 is 7.82 Å². The zero-order chi connectivity index (χ0) is 30.2. The standard InChI is InChI=1S/C15H14F17O5P.Na/c16-4(6(18)8(20)10(22)23)5(17)7(19)9(21)12(25,26)14(29,30)15(31,32)13(27,28)11(24)37-38(33,34)36-2-3-1-35-3;/h3-11H,1-2H2,(H,33,34);/q;+1/p-1. The fourth-order valence-electron chi connectivity index (χ4n) is 2.31. The van der Waals surface area contributed by atoms with Crippen LogP contribution in [0.4, 0.5) is 74.6 Å². The molecule has 5 nitrogen and oxygen atoms in total. The minimum atomic E-state index is -8.00. The minimum Gasteiger partial charge on any atom is -0.756 e. The largest absolute Gasteiger partial charge is 1.00 e. The zero-order valence-electron chi connectivity index (χ0n) is 18.5.